The lowest BCUT2D eigenvalue weighted by Crippen LogP contribution is -2.43. The van der Waals surface area contributed by atoms with Crippen LogP contribution in [0.3, 0.4) is 0 Å². The van der Waals surface area contributed by atoms with Gasteiger partial charge in [-0.2, -0.15) is 0 Å². The maximum Gasteiger partial charge on any atom is 0.0706 e. The number of halogens is 1. The number of hydrogen-bond donors (Lipinski definition) is 1. The first-order valence-corrected chi connectivity index (χ1v) is 9.70. The second kappa shape index (κ2) is 6.83. The van der Waals surface area contributed by atoms with Gasteiger partial charge in [-0.1, -0.05) is 28.1 Å². The van der Waals surface area contributed by atoms with Crippen molar-refractivity contribution < 1.29 is 9.47 Å². The van der Waals surface area contributed by atoms with Gasteiger partial charge in [-0.25, -0.2) is 0 Å². The molecule has 0 amide bonds. The van der Waals surface area contributed by atoms with Gasteiger partial charge in [0.1, 0.15) is 0 Å². The molecule has 1 N–H and O–H groups in total. The topological polar surface area (TPSA) is 30.5 Å². The molecule has 3 aliphatic rings. The van der Waals surface area contributed by atoms with Crippen molar-refractivity contribution in [3.05, 3.63) is 34.3 Å². The van der Waals surface area contributed by atoms with Crippen LogP contribution in [-0.2, 0) is 9.47 Å². The van der Waals surface area contributed by atoms with E-state index in [0.29, 0.717) is 17.6 Å². The van der Waals surface area contributed by atoms with Crippen LogP contribution < -0.4 is 5.32 Å². The fourth-order valence-electron chi connectivity index (χ4n) is 4.29. The van der Waals surface area contributed by atoms with Crippen molar-refractivity contribution in [3.63, 3.8) is 0 Å². The average Bonchev–Trinajstić information content (AvgIpc) is 2.89. The van der Waals surface area contributed by atoms with Gasteiger partial charge in [0.15, 0.2) is 0 Å². The van der Waals surface area contributed by atoms with E-state index in [-0.39, 0.29) is 0 Å². The largest absolute Gasteiger partial charge is 0.381 e. The summed E-state index contributed by atoms with van der Waals surface area (Å²) in [4.78, 5) is 0. The van der Waals surface area contributed by atoms with Crippen LogP contribution in [0.1, 0.15) is 43.6 Å². The van der Waals surface area contributed by atoms with Gasteiger partial charge in [0.25, 0.3) is 0 Å². The summed E-state index contributed by atoms with van der Waals surface area (Å²) in [5, 5.41) is 3.73. The van der Waals surface area contributed by atoms with E-state index in [1.807, 2.05) is 0 Å². The van der Waals surface area contributed by atoms with Crippen molar-refractivity contribution in [1.29, 1.82) is 0 Å². The minimum Gasteiger partial charge on any atom is -0.381 e. The Balaban J connectivity index is 1.20. The molecule has 0 radical (unpaired) electrons. The zero-order valence-corrected chi connectivity index (χ0v) is 15.2. The zero-order valence-electron chi connectivity index (χ0n) is 13.6. The monoisotopic (exact) mass is 379 g/mol. The molecule has 2 heterocycles. The highest BCUT2D eigenvalue weighted by Crippen LogP contribution is 2.42. The van der Waals surface area contributed by atoms with E-state index in [0.717, 1.165) is 32.3 Å². The minimum absolute atomic E-state index is 0.401. The predicted molar refractivity (Wildman–Crippen MR) is 94.8 cm³/mol. The van der Waals surface area contributed by atoms with Crippen molar-refractivity contribution in [1.82, 2.24) is 5.32 Å². The minimum atomic E-state index is 0.401. The van der Waals surface area contributed by atoms with E-state index >= 15 is 0 Å². The maximum absolute atomic E-state index is 6.07. The second-order valence-corrected chi connectivity index (χ2v) is 8.49. The Morgan fingerprint density at radius 2 is 2.04 bits per heavy atom. The van der Waals surface area contributed by atoms with Crippen LogP contribution in [0.25, 0.3) is 0 Å². The average molecular weight is 380 g/mol. The molecule has 1 aliphatic carbocycles. The van der Waals surface area contributed by atoms with E-state index < -0.39 is 0 Å². The molecule has 1 saturated carbocycles. The molecule has 2 aliphatic heterocycles. The lowest BCUT2D eigenvalue weighted by molar-refractivity contribution is 0.00685. The zero-order chi connectivity index (χ0) is 15.7. The van der Waals surface area contributed by atoms with E-state index in [9.17, 15) is 0 Å². The number of ether oxygens (including phenoxy) is 2. The van der Waals surface area contributed by atoms with Crippen LogP contribution >= 0.6 is 15.9 Å². The van der Waals surface area contributed by atoms with Gasteiger partial charge >= 0.3 is 0 Å². The summed E-state index contributed by atoms with van der Waals surface area (Å²) >= 11 is 3.57. The summed E-state index contributed by atoms with van der Waals surface area (Å²) in [5.74, 6) is 0.719. The van der Waals surface area contributed by atoms with E-state index in [2.05, 4.69) is 45.5 Å². The molecule has 4 rings (SSSR count). The fraction of sp³-hybridized carbons (Fsp3) is 0.684. The molecule has 1 atom stereocenters. The molecule has 126 valence electrons. The standard InChI is InChI=1S/C19H26BrNO2/c20-16-3-1-2-14(8-16)15-9-17(10-15)21-12-18-11-19(13-23-18)4-6-22-7-5-19/h1-3,8,15,17-18,21H,4-7,9-13H2/t15?,17?,18-/m1/s1. The molecule has 0 unspecified atom stereocenters. The number of nitrogens with one attached hydrogen (secondary N) is 1. The smallest absolute Gasteiger partial charge is 0.0706 e. The number of hydrogen-bond acceptors (Lipinski definition) is 3. The summed E-state index contributed by atoms with van der Waals surface area (Å²) < 4.78 is 12.8. The van der Waals surface area contributed by atoms with Crippen molar-refractivity contribution in [2.24, 2.45) is 5.41 Å². The van der Waals surface area contributed by atoms with Crippen molar-refractivity contribution in [2.45, 2.75) is 50.2 Å². The van der Waals surface area contributed by atoms with Crippen LogP contribution in [0, 0.1) is 5.41 Å². The highest BCUT2D eigenvalue weighted by Gasteiger charge is 2.41. The molecule has 1 aromatic rings. The number of rotatable bonds is 4. The molecule has 1 spiro atoms. The van der Waals surface area contributed by atoms with Crippen LogP contribution in [0.2, 0.25) is 0 Å². The van der Waals surface area contributed by atoms with E-state index in [1.165, 1.54) is 42.1 Å². The quantitative estimate of drug-likeness (QED) is 0.860. The predicted octanol–water partition coefficient (Wildman–Crippen LogP) is 3.87. The van der Waals surface area contributed by atoms with Gasteiger partial charge in [-0.15, -0.1) is 0 Å². The molecule has 3 fully saturated rings. The molecule has 4 heteroatoms. The molecule has 1 aromatic carbocycles. The molecule has 2 saturated heterocycles. The summed E-state index contributed by atoms with van der Waals surface area (Å²) in [6, 6.07) is 9.41. The molecule has 3 nitrogen and oxygen atoms in total. The molecule has 0 aromatic heterocycles. The van der Waals surface area contributed by atoms with Crippen molar-refractivity contribution >= 4 is 15.9 Å². The van der Waals surface area contributed by atoms with Gasteiger partial charge in [-0.3, -0.25) is 0 Å². The Labute approximate surface area is 147 Å². The van der Waals surface area contributed by atoms with Gasteiger partial charge in [0.05, 0.1) is 12.7 Å². The Kier molecular flexibility index (Phi) is 4.77. The first kappa shape index (κ1) is 16.1. The lowest BCUT2D eigenvalue weighted by atomic mass is 9.75. The summed E-state index contributed by atoms with van der Waals surface area (Å²) in [7, 11) is 0. The van der Waals surface area contributed by atoms with E-state index in [1.54, 1.807) is 0 Å². The lowest BCUT2D eigenvalue weighted by Gasteiger charge is -2.37. The third-order valence-corrected chi connectivity index (χ3v) is 6.42. The first-order valence-electron chi connectivity index (χ1n) is 8.91. The summed E-state index contributed by atoms with van der Waals surface area (Å²) in [5.41, 5.74) is 1.89. The molecule has 0 bridgehead atoms. The molecule has 23 heavy (non-hydrogen) atoms. The van der Waals surface area contributed by atoms with Crippen LogP contribution in [-0.4, -0.2) is 38.5 Å². The van der Waals surface area contributed by atoms with Gasteiger partial charge in [0, 0.05) is 35.7 Å². The third kappa shape index (κ3) is 3.65. The summed E-state index contributed by atoms with van der Waals surface area (Å²) in [6.07, 6.45) is 6.48. The normalized spacial score (nSPS) is 32.8. The third-order valence-electron chi connectivity index (χ3n) is 5.93. The van der Waals surface area contributed by atoms with Crippen LogP contribution in [0.4, 0.5) is 0 Å². The SMILES string of the molecule is Brc1cccc(C2CC(NC[C@H]3CC4(CCOCC4)CO3)C2)c1. The van der Waals surface area contributed by atoms with Gasteiger partial charge < -0.3 is 14.8 Å². The Hall–Kier alpha value is -0.420. The maximum atomic E-state index is 6.07. The molecular weight excluding hydrogens is 354 g/mol. The summed E-state index contributed by atoms with van der Waals surface area (Å²) in [6.45, 7) is 3.79. The van der Waals surface area contributed by atoms with Crippen molar-refractivity contribution in [2.75, 3.05) is 26.4 Å². The Bertz CT molecular complexity index is 538. The Morgan fingerprint density at radius 1 is 1.22 bits per heavy atom. The van der Waals surface area contributed by atoms with Crippen molar-refractivity contribution in [3.8, 4) is 0 Å². The fourth-order valence-corrected chi connectivity index (χ4v) is 4.71. The molecular formula is C19H26BrNO2. The number of benzene rings is 1. The second-order valence-electron chi connectivity index (χ2n) is 7.58. The van der Waals surface area contributed by atoms with Gasteiger partial charge in [-0.05, 0) is 55.7 Å². The highest BCUT2D eigenvalue weighted by molar-refractivity contribution is 9.10. The highest BCUT2D eigenvalue weighted by atomic mass is 79.9. The first-order chi connectivity index (χ1) is 11.2. The van der Waals surface area contributed by atoms with E-state index in [4.69, 9.17) is 9.47 Å². The Morgan fingerprint density at radius 3 is 2.83 bits per heavy atom. The van der Waals surface area contributed by atoms with Gasteiger partial charge in [0.2, 0.25) is 0 Å². The van der Waals surface area contributed by atoms with Crippen LogP contribution in [0.15, 0.2) is 28.7 Å². The van der Waals surface area contributed by atoms with Crippen LogP contribution in [0.5, 0.6) is 0 Å².